The summed E-state index contributed by atoms with van der Waals surface area (Å²) in [6.07, 6.45) is 3.28. The van der Waals surface area contributed by atoms with Gasteiger partial charge in [0.05, 0.1) is 19.8 Å². The highest BCUT2D eigenvalue weighted by atomic mass is 16.5. The molecule has 30 heavy (non-hydrogen) atoms. The fraction of sp³-hybridized carbons (Fsp3) is 0.120. The highest BCUT2D eigenvalue weighted by molar-refractivity contribution is 6.09. The summed E-state index contributed by atoms with van der Waals surface area (Å²) in [5, 5.41) is 0. The van der Waals surface area contributed by atoms with Crippen molar-refractivity contribution in [2.45, 2.75) is 6.92 Å². The van der Waals surface area contributed by atoms with Crippen molar-refractivity contribution in [3.8, 4) is 28.4 Å². The van der Waals surface area contributed by atoms with Gasteiger partial charge < -0.3 is 14.2 Å². The third kappa shape index (κ3) is 4.94. The molecule has 0 unspecified atom stereocenters. The Labute approximate surface area is 175 Å². The largest absolute Gasteiger partial charge is 0.496 e. The third-order valence-corrected chi connectivity index (χ3v) is 4.44. The van der Waals surface area contributed by atoms with Crippen LogP contribution in [0.4, 0.5) is 0 Å². The van der Waals surface area contributed by atoms with Crippen molar-refractivity contribution in [2.75, 3.05) is 14.2 Å². The van der Waals surface area contributed by atoms with Gasteiger partial charge in [0, 0.05) is 18.6 Å². The predicted octanol–water partition coefficient (Wildman–Crippen LogP) is 5.19. The van der Waals surface area contributed by atoms with Crippen molar-refractivity contribution in [2.24, 2.45) is 0 Å². The van der Waals surface area contributed by atoms with Crippen LogP contribution in [0, 0.1) is 0 Å². The van der Waals surface area contributed by atoms with Gasteiger partial charge in [-0.1, -0.05) is 48.5 Å². The lowest BCUT2D eigenvalue weighted by Gasteiger charge is -2.14. The molecular formula is C25H22O5. The lowest BCUT2D eigenvalue weighted by Crippen LogP contribution is -2.02. The molecule has 0 spiro atoms. The van der Waals surface area contributed by atoms with E-state index in [9.17, 15) is 9.59 Å². The second-order valence-electron chi connectivity index (χ2n) is 6.48. The van der Waals surface area contributed by atoms with E-state index in [1.165, 1.54) is 20.1 Å². The van der Waals surface area contributed by atoms with E-state index in [0.717, 1.165) is 16.7 Å². The van der Waals surface area contributed by atoms with E-state index in [1.54, 1.807) is 49.6 Å². The van der Waals surface area contributed by atoms with E-state index in [1.807, 2.05) is 30.3 Å². The first-order chi connectivity index (χ1) is 14.5. The van der Waals surface area contributed by atoms with Crippen LogP contribution in [-0.2, 0) is 4.79 Å². The van der Waals surface area contributed by atoms with E-state index >= 15 is 0 Å². The molecule has 3 aromatic rings. The van der Waals surface area contributed by atoms with Crippen molar-refractivity contribution in [1.82, 2.24) is 0 Å². The van der Waals surface area contributed by atoms with Crippen LogP contribution in [0.2, 0.25) is 0 Å². The van der Waals surface area contributed by atoms with Crippen molar-refractivity contribution in [1.29, 1.82) is 0 Å². The molecule has 0 saturated carbocycles. The zero-order valence-electron chi connectivity index (χ0n) is 17.0. The smallest absolute Gasteiger partial charge is 0.308 e. The topological polar surface area (TPSA) is 61.8 Å². The number of esters is 1. The summed E-state index contributed by atoms with van der Waals surface area (Å²) in [6, 6.07) is 20.0. The summed E-state index contributed by atoms with van der Waals surface area (Å²) in [4.78, 5) is 24.0. The van der Waals surface area contributed by atoms with Gasteiger partial charge in [-0.25, -0.2) is 0 Å². The fourth-order valence-corrected chi connectivity index (χ4v) is 3.01. The van der Waals surface area contributed by atoms with Gasteiger partial charge in [0.15, 0.2) is 5.78 Å². The molecule has 0 heterocycles. The first kappa shape index (κ1) is 20.9. The molecule has 3 aromatic carbocycles. The number of allylic oxidation sites excluding steroid dienone is 1. The Morgan fingerprint density at radius 2 is 1.50 bits per heavy atom. The van der Waals surface area contributed by atoms with E-state index < -0.39 is 0 Å². The predicted molar refractivity (Wildman–Crippen MR) is 116 cm³/mol. The van der Waals surface area contributed by atoms with Crippen molar-refractivity contribution >= 4 is 17.8 Å². The van der Waals surface area contributed by atoms with Crippen LogP contribution >= 0.6 is 0 Å². The summed E-state index contributed by atoms with van der Waals surface area (Å²) in [6.45, 7) is 1.35. The SMILES string of the molecule is COc1cc(OC)c(-c2ccc(OC(C)=O)cc2)cc1C(=O)/C=C/c1ccccc1. The number of carbonyl (C=O) groups excluding carboxylic acids is 2. The molecule has 0 aromatic heterocycles. The summed E-state index contributed by atoms with van der Waals surface area (Å²) >= 11 is 0. The molecule has 0 aliphatic carbocycles. The Balaban J connectivity index is 1.99. The van der Waals surface area contributed by atoms with E-state index in [-0.39, 0.29) is 11.8 Å². The number of hydrogen-bond acceptors (Lipinski definition) is 5. The Kier molecular flexibility index (Phi) is 6.65. The van der Waals surface area contributed by atoms with Gasteiger partial charge in [-0.05, 0) is 35.4 Å². The van der Waals surface area contributed by atoms with Crippen LogP contribution in [0.15, 0.2) is 72.8 Å². The van der Waals surface area contributed by atoms with Crippen molar-refractivity contribution in [3.63, 3.8) is 0 Å². The fourth-order valence-electron chi connectivity index (χ4n) is 3.01. The molecule has 0 aliphatic rings. The number of carbonyl (C=O) groups is 2. The van der Waals surface area contributed by atoms with Gasteiger partial charge >= 0.3 is 5.97 Å². The Morgan fingerprint density at radius 1 is 0.833 bits per heavy atom. The van der Waals surface area contributed by atoms with Crippen LogP contribution < -0.4 is 14.2 Å². The number of ketones is 1. The molecule has 152 valence electrons. The number of benzene rings is 3. The van der Waals surface area contributed by atoms with E-state index in [4.69, 9.17) is 14.2 Å². The Morgan fingerprint density at radius 3 is 2.10 bits per heavy atom. The maximum absolute atomic E-state index is 12.9. The average molecular weight is 402 g/mol. The first-order valence-corrected chi connectivity index (χ1v) is 9.34. The van der Waals surface area contributed by atoms with Crippen LogP contribution in [0.3, 0.4) is 0 Å². The Bertz CT molecular complexity index is 1070. The van der Waals surface area contributed by atoms with Crippen LogP contribution in [0.25, 0.3) is 17.2 Å². The van der Waals surface area contributed by atoms with Gasteiger partial charge in [0.1, 0.15) is 17.2 Å². The molecule has 0 N–H and O–H groups in total. The molecule has 0 bridgehead atoms. The summed E-state index contributed by atoms with van der Waals surface area (Å²) < 4.78 is 16.0. The lowest BCUT2D eigenvalue weighted by molar-refractivity contribution is -0.131. The number of hydrogen-bond donors (Lipinski definition) is 0. The lowest BCUT2D eigenvalue weighted by atomic mass is 9.98. The monoisotopic (exact) mass is 402 g/mol. The zero-order chi connectivity index (χ0) is 21.5. The van der Waals surface area contributed by atoms with Crippen molar-refractivity contribution < 1.29 is 23.8 Å². The van der Waals surface area contributed by atoms with E-state index in [0.29, 0.717) is 22.8 Å². The molecule has 0 atom stereocenters. The summed E-state index contributed by atoms with van der Waals surface area (Å²) in [7, 11) is 3.07. The molecule has 0 radical (unpaired) electrons. The Hall–Kier alpha value is -3.86. The number of ether oxygens (including phenoxy) is 3. The maximum Gasteiger partial charge on any atom is 0.308 e. The van der Waals surface area contributed by atoms with Gasteiger partial charge in [-0.2, -0.15) is 0 Å². The molecule has 0 fully saturated rings. The second kappa shape index (κ2) is 9.56. The highest BCUT2D eigenvalue weighted by Crippen LogP contribution is 2.37. The molecule has 0 saturated heterocycles. The molecular weight excluding hydrogens is 380 g/mol. The maximum atomic E-state index is 12.9. The standard InChI is InChI=1S/C25H22O5/c1-17(26)30-20-12-10-19(11-13-20)21-15-22(25(29-3)16-24(21)28-2)23(27)14-9-18-7-5-4-6-8-18/h4-16H,1-3H3/b14-9+. The highest BCUT2D eigenvalue weighted by Gasteiger charge is 2.17. The minimum atomic E-state index is -0.386. The molecule has 0 aliphatic heterocycles. The zero-order valence-corrected chi connectivity index (χ0v) is 17.0. The molecule has 5 heteroatoms. The first-order valence-electron chi connectivity index (χ1n) is 9.34. The van der Waals surface area contributed by atoms with Crippen LogP contribution in [-0.4, -0.2) is 26.0 Å². The van der Waals surface area contributed by atoms with Gasteiger partial charge in [0.2, 0.25) is 0 Å². The minimum Gasteiger partial charge on any atom is -0.496 e. The second-order valence-corrected chi connectivity index (χ2v) is 6.48. The van der Waals surface area contributed by atoms with Gasteiger partial charge in [-0.3, -0.25) is 9.59 Å². The molecule has 3 rings (SSSR count). The summed E-state index contributed by atoms with van der Waals surface area (Å²) in [5.41, 5.74) is 2.89. The van der Waals surface area contributed by atoms with E-state index in [2.05, 4.69) is 0 Å². The van der Waals surface area contributed by atoms with Crippen LogP contribution in [0.1, 0.15) is 22.8 Å². The molecule has 5 nitrogen and oxygen atoms in total. The number of methoxy groups -OCH3 is 2. The summed E-state index contributed by atoms with van der Waals surface area (Å²) in [5.74, 6) is 0.866. The number of rotatable bonds is 7. The average Bonchev–Trinajstić information content (AvgIpc) is 2.77. The minimum absolute atomic E-state index is 0.184. The van der Waals surface area contributed by atoms with Gasteiger partial charge in [-0.15, -0.1) is 0 Å². The molecule has 0 amide bonds. The quantitative estimate of drug-likeness (QED) is 0.235. The van der Waals surface area contributed by atoms with Gasteiger partial charge in [0.25, 0.3) is 0 Å². The third-order valence-electron chi connectivity index (χ3n) is 4.44. The van der Waals surface area contributed by atoms with Crippen LogP contribution in [0.5, 0.6) is 17.2 Å². The van der Waals surface area contributed by atoms with Crippen molar-refractivity contribution in [3.05, 3.63) is 83.9 Å². The normalized spacial score (nSPS) is 10.6.